The molecular weight excluding hydrogens is 1040 g/mol. The van der Waals surface area contributed by atoms with Crippen LogP contribution in [0.3, 0.4) is 0 Å². The Morgan fingerprint density at radius 2 is 0.654 bits per heavy atom. The summed E-state index contributed by atoms with van der Waals surface area (Å²) >= 11 is 0. The zero-order valence-electron chi connectivity index (χ0n) is 50.1. The van der Waals surface area contributed by atoms with Crippen molar-refractivity contribution in [3.05, 3.63) is 0 Å². The molecule has 78 heavy (non-hydrogen) atoms. The largest absolute Gasteiger partial charge is 0.472 e. The van der Waals surface area contributed by atoms with Gasteiger partial charge in [-0.15, -0.1) is 0 Å². The van der Waals surface area contributed by atoms with E-state index in [1.54, 1.807) is 0 Å². The summed E-state index contributed by atoms with van der Waals surface area (Å²) in [5, 5.41) is 10.5. The number of hydrogen-bond acceptors (Lipinski definition) is 15. The minimum atomic E-state index is -4.94. The summed E-state index contributed by atoms with van der Waals surface area (Å²) in [6, 6.07) is 0. The molecule has 19 heteroatoms. The minimum Gasteiger partial charge on any atom is -0.462 e. The van der Waals surface area contributed by atoms with Crippen LogP contribution < -0.4 is 0 Å². The van der Waals surface area contributed by atoms with Gasteiger partial charge < -0.3 is 33.8 Å². The summed E-state index contributed by atoms with van der Waals surface area (Å²) in [6.45, 7) is 11.6. The van der Waals surface area contributed by atoms with Crippen molar-refractivity contribution in [1.29, 1.82) is 0 Å². The molecule has 7 atom stereocenters. The number of hydrogen-bond donors (Lipinski definition) is 3. The molecule has 17 nitrogen and oxygen atoms in total. The number of ether oxygens (including phenoxy) is 4. The number of phosphoric ester groups is 2. The van der Waals surface area contributed by atoms with Gasteiger partial charge in [0.1, 0.15) is 19.3 Å². The molecule has 4 unspecified atom stereocenters. The van der Waals surface area contributed by atoms with E-state index in [1.165, 1.54) is 77.0 Å². The zero-order chi connectivity index (χ0) is 58.1. The topological polar surface area (TPSA) is 237 Å². The summed E-state index contributed by atoms with van der Waals surface area (Å²) in [7, 11) is -9.87. The molecule has 0 saturated heterocycles. The molecule has 0 aromatic rings. The Hall–Kier alpha value is -1.94. The Labute approximate surface area is 473 Å². The van der Waals surface area contributed by atoms with Gasteiger partial charge >= 0.3 is 39.5 Å². The molecule has 0 aliphatic carbocycles. The van der Waals surface area contributed by atoms with E-state index in [0.717, 1.165) is 115 Å². The lowest BCUT2D eigenvalue weighted by Crippen LogP contribution is -2.30. The molecule has 0 fully saturated rings. The molecule has 0 heterocycles. The maximum Gasteiger partial charge on any atom is 0.472 e. The summed E-state index contributed by atoms with van der Waals surface area (Å²) in [5.41, 5.74) is 0. The van der Waals surface area contributed by atoms with Crippen LogP contribution in [0.5, 0.6) is 0 Å². The first kappa shape index (κ1) is 76.1. The maximum atomic E-state index is 12.9. The van der Waals surface area contributed by atoms with Gasteiger partial charge in [0.25, 0.3) is 0 Å². The number of aliphatic hydroxyl groups excluding tert-OH is 1. The van der Waals surface area contributed by atoms with Crippen LogP contribution in [0, 0.1) is 17.8 Å². The van der Waals surface area contributed by atoms with Gasteiger partial charge in [0.05, 0.1) is 26.4 Å². The lowest BCUT2D eigenvalue weighted by atomic mass is 9.99. The SMILES string of the molecule is CCCCCCCC(=O)OC[C@H](COP(=O)(O)OC[C@H](O)COP(=O)(O)OC[C@@H](COC(=O)CCCCCCCCC(C)CC)OC(=O)CCCCCCCCCCCCC(C)CC)OC(=O)CCCCCCCCC(C)C. The smallest absolute Gasteiger partial charge is 0.462 e. The summed E-state index contributed by atoms with van der Waals surface area (Å²) in [6.07, 6.45) is 29.8. The van der Waals surface area contributed by atoms with Crippen molar-refractivity contribution in [1.82, 2.24) is 0 Å². The Morgan fingerprint density at radius 1 is 0.372 bits per heavy atom. The molecule has 0 aliphatic rings. The standard InChI is InChI=1S/C59H114O17P2/c1-8-11-12-23-33-40-56(61)69-46-54(76-59(64)43-36-29-21-19-24-30-37-50(4)5)48-73-77(65,66)71-44-53(60)45-72-78(67,68)74-49-55(47-70-57(62)41-34-27-22-20-26-32-39-52(7)10-3)75-58(63)42-35-28-18-16-14-13-15-17-25-31-38-51(6)9-2/h50-55,60H,8-49H2,1-7H3,(H,65,66)(H,67,68)/t51?,52?,53-,54+,55+/m0/s1. The fourth-order valence-corrected chi connectivity index (χ4v) is 10.1. The van der Waals surface area contributed by atoms with Crippen LogP contribution in [0.15, 0.2) is 0 Å². The van der Waals surface area contributed by atoms with E-state index < -0.39 is 97.5 Å². The molecule has 0 bridgehead atoms. The molecule has 0 spiro atoms. The van der Waals surface area contributed by atoms with Crippen molar-refractivity contribution >= 4 is 39.5 Å². The second kappa shape index (κ2) is 50.8. The van der Waals surface area contributed by atoms with Crippen LogP contribution in [0.25, 0.3) is 0 Å². The van der Waals surface area contributed by atoms with Gasteiger partial charge in [-0.3, -0.25) is 37.3 Å². The summed E-state index contributed by atoms with van der Waals surface area (Å²) in [5.74, 6) is 0.0453. The predicted molar refractivity (Wildman–Crippen MR) is 308 cm³/mol. The van der Waals surface area contributed by atoms with E-state index >= 15 is 0 Å². The average Bonchev–Trinajstić information content (AvgIpc) is 3.40. The molecular formula is C59H114O17P2. The van der Waals surface area contributed by atoms with Crippen LogP contribution in [-0.2, 0) is 65.4 Å². The fourth-order valence-electron chi connectivity index (χ4n) is 8.53. The Kier molecular flexibility index (Phi) is 49.5. The Bertz CT molecular complexity index is 1570. The number of carbonyl (C=O) groups excluding carboxylic acids is 4. The number of rotatable bonds is 57. The van der Waals surface area contributed by atoms with Gasteiger partial charge in [-0.25, -0.2) is 9.13 Å². The lowest BCUT2D eigenvalue weighted by Gasteiger charge is -2.21. The molecule has 462 valence electrons. The van der Waals surface area contributed by atoms with E-state index in [4.69, 9.17) is 37.0 Å². The van der Waals surface area contributed by atoms with E-state index in [2.05, 4.69) is 48.5 Å². The first-order valence-corrected chi connectivity index (χ1v) is 33.9. The van der Waals surface area contributed by atoms with Gasteiger partial charge in [0, 0.05) is 25.7 Å². The first-order valence-electron chi connectivity index (χ1n) is 30.9. The van der Waals surface area contributed by atoms with Gasteiger partial charge in [0.15, 0.2) is 12.2 Å². The first-order chi connectivity index (χ1) is 37.3. The van der Waals surface area contributed by atoms with Gasteiger partial charge in [-0.2, -0.15) is 0 Å². The maximum absolute atomic E-state index is 12.9. The number of unbranched alkanes of at least 4 members (excludes halogenated alkanes) is 23. The van der Waals surface area contributed by atoms with Gasteiger partial charge in [-0.05, 0) is 43.4 Å². The van der Waals surface area contributed by atoms with Crippen molar-refractivity contribution in [2.24, 2.45) is 17.8 Å². The van der Waals surface area contributed by atoms with Crippen molar-refractivity contribution in [3.8, 4) is 0 Å². The van der Waals surface area contributed by atoms with Crippen LogP contribution in [-0.4, -0.2) is 96.7 Å². The molecule has 0 amide bonds. The van der Waals surface area contributed by atoms with Gasteiger partial charge in [0.2, 0.25) is 0 Å². The normalized spacial score (nSPS) is 15.2. The van der Waals surface area contributed by atoms with Crippen LogP contribution in [0.2, 0.25) is 0 Å². The predicted octanol–water partition coefficient (Wildman–Crippen LogP) is 15.6. The number of phosphoric acid groups is 2. The highest BCUT2D eigenvalue weighted by Crippen LogP contribution is 2.45. The number of esters is 4. The second-order valence-corrected chi connectivity index (χ2v) is 25.2. The van der Waals surface area contributed by atoms with E-state index in [1.807, 2.05) is 0 Å². The van der Waals surface area contributed by atoms with Crippen molar-refractivity contribution in [2.75, 3.05) is 39.6 Å². The quantitative estimate of drug-likeness (QED) is 0.0222. The lowest BCUT2D eigenvalue weighted by molar-refractivity contribution is -0.161. The van der Waals surface area contributed by atoms with E-state index in [9.17, 15) is 43.2 Å². The fraction of sp³-hybridized carbons (Fsp3) is 0.932. The Morgan fingerprint density at radius 3 is 0.974 bits per heavy atom. The van der Waals surface area contributed by atoms with Crippen LogP contribution in [0.4, 0.5) is 0 Å². The molecule has 0 aliphatic heterocycles. The molecule has 0 radical (unpaired) electrons. The summed E-state index contributed by atoms with van der Waals surface area (Å²) in [4.78, 5) is 71.7. The van der Waals surface area contributed by atoms with Crippen LogP contribution in [0.1, 0.15) is 280 Å². The average molecular weight is 1160 g/mol. The minimum absolute atomic E-state index is 0.101. The third-order valence-electron chi connectivity index (χ3n) is 14.1. The molecule has 0 rings (SSSR count). The third-order valence-corrected chi connectivity index (χ3v) is 16.0. The molecule has 0 aromatic heterocycles. The van der Waals surface area contributed by atoms with E-state index in [0.29, 0.717) is 31.6 Å². The van der Waals surface area contributed by atoms with E-state index in [-0.39, 0.29) is 25.7 Å². The van der Waals surface area contributed by atoms with Crippen molar-refractivity contribution in [3.63, 3.8) is 0 Å². The second-order valence-electron chi connectivity index (χ2n) is 22.3. The molecule has 0 saturated carbocycles. The highest BCUT2D eigenvalue weighted by molar-refractivity contribution is 7.47. The van der Waals surface area contributed by atoms with Crippen molar-refractivity contribution in [2.45, 2.75) is 298 Å². The van der Waals surface area contributed by atoms with Crippen molar-refractivity contribution < 1.29 is 80.2 Å². The number of carbonyl (C=O) groups is 4. The Balaban J connectivity index is 5.20. The number of aliphatic hydroxyl groups is 1. The monoisotopic (exact) mass is 1160 g/mol. The molecule has 0 aromatic carbocycles. The zero-order valence-corrected chi connectivity index (χ0v) is 51.9. The highest BCUT2D eigenvalue weighted by Gasteiger charge is 2.30. The third kappa shape index (κ3) is 51.0. The summed E-state index contributed by atoms with van der Waals surface area (Å²) < 4.78 is 67.6. The highest BCUT2D eigenvalue weighted by atomic mass is 31.2. The van der Waals surface area contributed by atoms with Gasteiger partial charge in [-0.1, -0.05) is 228 Å². The molecule has 3 N–H and O–H groups in total. The van der Waals surface area contributed by atoms with Crippen LogP contribution >= 0.6 is 15.6 Å².